The van der Waals surface area contributed by atoms with Gasteiger partial charge in [0, 0.05) is 55.9 Å². The Bertz CT molecular complexity index is 3060. The summed E-state index contributed by atoms with van der Waals surface area (Å²) in [5, 5.41) is 10.5. The van der Waals surface area contributed by atoms with Gasteiger partial charge in [-0.1, -0.05) is 135 Å². The third-order valence-electron chi connectivity index (χ3n) is 11.0. The molecule has 10 aromatic rings. The maximum absolute atomic E-state index is 5.62. The lowest BCUT2D eigenvalue weighted by atomic mass is 9.80. The van der Waals surface area contributed by atoms with E-state index in [-0.39, 0.29) is 5.41 Å². The first kappa shape index (κ1) is 27.5. The van der Waals surface area contributed by atoms with Gasteiger partial charge in [0.2, 0.25) is 5.95 Å². The molecular weight excluding hydrogens is 609 g/mol. The predicted molar refractivity (Wildman–Crippen MR) is 207 cm³/mol. The van der Waals surface area contributed by atoms with E-state index in [9.17, 15) is 0 Å². The van der Waals surface area contributed by atoms with Crippen molar-refractivity contribution in [2.45, 2.75) is 19.3 Å². The van der Waals surface area contributed by atoms with Crippen LogP contribution in [0.5, 0.6) is 0 Å². The van der Waals surface area contributed by atoms with Crippen LogP contribution in [-0.2, 0) is 5.41 Å². The fraction of sp³-hybridized carbons (Fsp3) is 0.0652. The first-order chi connectivity index (χ1) is 24.6. The summed E-state index contributed by atoms with van der Waals surface area (Å²) in [5.74, 6) is 0.667. The number of rotatable bonds is 2. The average molecular weight is 639 g/mol. The van der Waals surface area contributed by atoms with Crippen molar-refractivity contribution in [3.8, 4) is 28.3 Å². The van der Waals surface area contributed by atoms with Gasteiger partial charge in [-0.2, -0.15) is 0 Å². The van der Waals surface area contributed by atoms with Crippen LogP contribution in [-0.4, -0.2) is 19.5 Å². The highest BCUT2D eigenvalue weighted by Crippen LogP contribution is 2.56. The summed E-state index contributed by atoms with van der Waals surface area (Å²) in [6, 6.07) is 47.7. The smallest absolute Gasteiger partial charge is 0.235 e. The first-order valence-electron chi connectivity index (χ1n) is 17.2. The summed E-state index contributed by atoms with van der Waals surface area (Å²) in [4.78, 5) is 15.9. The molecule has 50 heavy (non-hydrogen) atoms. The zero-order valence-corrected chi connectivity index (χ0v) is 27.6. The van der Waals surface area contributed by atoms with Gasteiger partial charge in [-0.05, 0) is 50.4 Å². The van der Waals surface area contributed by atoms with E-state index in [0.717, 1.165) is 44.0 Å². The summed E-state index contributed by atoms with van der Waals surface area (Å²) in [6.45, 7) is 4.69. The minimum atomic E-state index is -0.225. The molecule has 7 aromatic carbocycles. The molecule has 3 heterocycles. The van der Waals surface area contributed by atoms with Crippen LogP contribution in [0, 0.1) is 0 Å². The van der Waals surface area contributed by atoms with Crippen LogP contribution in [0.2, 0.25) is 0 Å². The maximum Gasteiger partial charge on any atom is 0.235 e. The number of para-hydroxylation sites is 1. The zero-order valence-electron chi connectivity index (χ0n) is 27.6. The van der Waals surface area contributed by atoms with Crippen LogP contribution in [0.3, 0.4) is 0 Å². The van der Waals surface area contributed by atoms with Crippen molar-refractivity contribution in [2.75, 3.05) is 0 Å². The maximum atomic E-state index is 5.62. The molecule has 11 rings (SSSR count). The lowest BCUT2D eigenvalue weighted by Gasteiger charge is -2.23. The van der Waals surface area contributed by atoms with E-state index < -0.39 is 0 Å². The van der Waals surface area contributed by atoms with E-state index in [0.29, 0.717) is 5.95 Å². The lowest BCUT2D eigenvalue weighted by Crippen LogP contribution is -2.15. The zero-order chi connectivity index (χ0) is 33.1. The van der Waals surface area contributed by atoms with Gasteiger partial charge in [-0.3, -0.25) is 9.55 Å². The number of aromatic nitrogens is 4. The number of nitrogens with zero attached hydrogens (tertiary/aromatic N) is 4. The van der Waals surface area contributed by atoms with Gasteiger partial charge in [-0.15, -0.1) is 0 Å². The van der Waals surface area contributed by atoms with Crippen LogP contribution >= 0.6 is 0 Å². The molecule has 0 bridgehead atoms. The van der Waals surface area contributed by atoms with Crippen LogP contribution < -0.4 is 0 Å². The van der Waals surface area contributed by atoms with E-state index in [4.69, 9.17) is 9.97 Å². The van der Waals surface area contributed by atoms with Crippen molar-refractivity contribution in [1.29, 1.82) is 0 Å². The Morgan fingerprint density at radius 2 is 1.18 bits per heavy atom. The van der Waals surface area contributed by atoms with Crippen molar-refractivity contribution in [3.05, 3.63) is 157 Å². The SMILES string of the molecule is CC1(C)c2ccccc2-c2c1c1cnccc1c1c3ccccc3n(-c3nc(-c4ccccc4)c4c5ccccc5c5ccccc5c4n3)c21. The summed E-state index contributed by atoms with van der Waals surface area (Å²) in [7, 11) is 0. The quantitative estimate of drug-likeness (QED) is 0.177. The van der Waals surface area contributed by atoms with Crippen molar-refractivity contribution in [3.63, 3.8) is 0 Å². The number of hydrogen-bond donors (Lipinski definition) is 0. The average Bonchev–Trinajstić information content (AvgIpc) is 3.64. The fourth-order valence-corrected chi connectivity index (χ4v) is 8.98. The van der Waals surface area contributed by atoms with Crippen LogP contribution in [0.15, 0.2) is 146 Å². The third kappa shape index (κ3) is 3.47. The molecule has 1 aliphatic rings. The van der Waals surface area contributed by atoms with Gasteiger partial charge >= 0.3 is 0 Å². The van der Waals surface area contributed by atoms with Gasteiger partial charge in [0.15, 0.2) is 0 Å². The summed E-state index contributed by atoms with van der Waals surface area (Å²) < 4.78 is 2.34. The molecule has 234 valence electrons. The Morgan fingerprint density at radius 1 is 0.540 bits per heavy atom. The molecule has 0 radical (unpaired) electrons. The van der Waals surface area contributed by atoms with E-state index in [1.165, 1.54) is 54.6 Å². The topological polar surface area (TPSA) is 43.6 Å². The predicted octanol–water partition coefficient (Wildman–Crippen LogP) is 11.6. The molecule has 3 aromatic heterocycles. The highest BCUT2D eigenvalue weighted by Gasteiger charge is 2.40. The molecular formula is C46H30N4. The fourth-order valence-electron chi connectivity index (χ4n) is 8.98. The van der Waals surface area contributed by atoms with E-state index >= 15 is 0 Å². The molecule has 4 heteroatoms. The molecule has 0 saturated heterocycles. The molecule has 0 amide bonds. The van der Waals surface area contributed by atoms with E-state index in [2.05, 4.69) is 163 Å². The molecule has 0 aliphatic heterocycles. The monoisotopic (exact) mass is 638 g/mol. The summed E-state index contributed by atoms with van der Waals surface area (Å²) in [6.07, 6.45) is 3.98. The minimum Gasteiger partial charge on any atom is -0.277 e. The molecule has 4 nitrogen and oxygen atoms in total. The second-order valence-corrected chi connectivity index (χ2v) is 14.0. The number of fused-ring (bicyclic) bond motifs is 16. The van der Waals surface area contributed by atoms with Gasteiger partial charge < -0.3 is 0 Å². The van der Waals surface area contributed by atoms with Crippen LogP contribution in [0.1, 0.15) is 25.0 Å². The van der Waals surface area contributed by atoms with Gasteiger partial charge in [-0.25, -0.2) is 9.97 Å². The molecule has 0 fully saturated rings. The molecule has 1 aliphatic carbocycles. The Balaban J connectivity index is 1.41. The van der Waals surface area contributed by atoms with Gasteiger partial charge in [0.25, 0.3) is 0 Å². The Labute approximate surface area is 288 Å². The third-order valence-corrected chi connectivity index (χ3v) is 11.0. The van der Waals surface area contributed by atoms with Crippen molar-refractivity contribution >= 4 is 65.0 Å². The van der Waals surface area contributed by atoms with Gasteiger partial charge in [0.1, 0.15) is 0 Å². The van der Waals surface area contributed by atoms with E-state index in [1.54, 1.807) is 0 Å². The molecule has 0 N–H and O–H groups in total. The molecule has 0 saturated carbocycles. The van der Waals surface area contributed by atoms with Gasteiger partial charge in [0.05, 0.1) is 22.2 Å². The largest absolute Gasteiger partial charge is 0.277 e. The van der Waals surface area contributed by atoms with Crippen LogP contribution in [0.25, 0.3) is 93.4 Å². The highest BCUT2D eigenvalue weighted by molar-refractivity contribution is 6.29. The minimum absolute atomic E-state index is 0.225. The first-order valence-corrected chi connectivity index (χ1v) is 17.2. The highest BCUT2D eigenvalue weighted by atomic mass is 15.2. The second kappa shape index (κ2) is 9.83. The van der Waals surface area contributed by atoms with E-state index in [1.807, 2.05) is 6.20 Å². The van der Waals surface area contributed by atoms with Crippen molar-refractivity contribution in [2.24, 2.45) is 0 Å². The van der Waals surface area contributed by atoms with Crippen molar-refractivity contribution in [1.82, 2.24) is 19.5 Å². The number of pyridine rings is 1. The lowest BCUT2D eigenvalue weighted by molar-refractivity contribution is 0.666. The Kier molecular flexibility index (Phi) is 5.42. The Hall–Kier alpha value is -6.39. The normalized spacial score (nSPS) is 13.6. The number of hydrogen-bond acceptors (Lipinski definition) is 3. The molecule has 0 spiro atoms. The van der Waals surface area contributed by atoms with Crippen molar-refractivity contribution < 1.29 is 0 Å². The Morgan fingerprint density at radius 3 is 2.00 bits per heavy atom. The number of benzene rings is 7. The summed E-state index contributed by atoms with van der Waals surface area (Å²) >= 11 is 0. The second-order valence-electron chi connectivity index (χ2n) is 14.0. The summed E-state index contributed by atoms with van der Waals surface area (Å²) in [5.41, 5.74) is 10.1. The molecule has 0 unspecified atom stereocenters. The molecule has 0 atom stereocenters. The standard InChI is InChI=1S/C46H30N4/c1-46(2)36-22-12-10-20-33(36)39-41(46)35-26-47-25-24-31(35)38-34-21-11-13-23-37(34)50(44(38)39)45-48-42(27-14-4-3-5-15-27)40-30-18-8-6-16-28(30)29-17-7-9-19-32(29)43(40)49-45/h3-26H,1-2H3. The van der Waals surface area contributed by atoms with Crippen LogP contribution in [0.4, 0.5) is 0 Å².